The number of methoxy groups -OCH3 is 1. The van der Waals surface area contributed by atoms with E-state index in [1.807, 2.05) is 0 Å². The lowest BCUT2D eigenvalue weighted by atomic mass is 10.2. The van der Waals surface area contributed by atoms with Crippen LogP contribution in [0.3, 0.4) is 0 Å². The summed E-state index contributed by atoms with van der Waals surface area (Å²) in [6.07, 6.45) is -3.86. The molecule has 1 heterocycles. The average molecular weight is 411 g/mol. The molecule has 1 aromatic heterocycles. The predicted molar refractivity (Wildman–Crippen MR) is 76.6 cm³/mol. The third-order valence-electron chi connectivity index (χ3n) is 2.68. The minimum Gasteiger partial charge on any atom is -0.494 e. The number of para-hydroxylation sites is 2. The topological polar surface area (TPSA) is 56.2 Å². The highest BCUT2D eigenvalue weighted by molar-refractivity contribution is 14.1. The molecule has 0 aliphatic heterocycles. The van der Waals surface area contributed by atoms with Gasteiger partial charge in [0, 0.05) is 0 Å². The number of amides is 1. The minimum absolute atomic E-state index is 0.0971. The maximum Gasteiger partial charge on any atom is 0.434 e. The molecule has 1 aromatic carbocycles. The molecule has 1 N–H and O–H groups in total. The van der Waals surface area contributed by atoms with Crippen molar-refractivity contribution >= 4 is 28.8 Å². The highest BCUT2D eigenvalue weighted by Crippen LogP contribution is 2.35. The van der Waals surface area contributed by atoms with Crippen molar-refractivity contribution in [1.82, 2.24) is 13.3 Å². The summed E-state index contributed by atoms with van der Waals surface area (Å²) in [6.45, 7) is 0. The molecule has 0 aliphatic rings. The fourth-order valence-corrected chi connectivity index (χ4v) is 2.12. The van der Waals surface area contributed by atoms with Gasteiger partial charge in [0.15, 0.2) is 5.69 Å². The molecule has 2 aromatic rings. The van der Waals surface area contributed by atoms with Gasteiger partial charge in [-0.1, -0.05) is 12.1 Å². The van der Waals surface area contributed by atoms with Gasteiger partial charge in [-0.25, -0.2) is 4.68 Å². The number of halogens is 4. The van der Waals surface area contributed by atoms with Crippen molar-refractivity contribution in [3.63, 3.8) is 0 Å². The highest BCUT2D eigenvalue weighted by atomic mass is 127. The smallest absolute Gasteiger partial charge is 0.434 e. The molecule has 0 radical (unpaired) electrons. The SMILES string of the molecule is COc1ccccc1-n1ncc(C(=O)NI)c1C(F)(F)F. The molecule has 5 nitrogen and oxygen atoms in total. The molecule has 21 heavy (non-hydrogen) atoms. The number of hydrogen-bond acceptors (Lipinski definition) is 3. The minimum atomic E-state index is -4.74. The molecule has 0 saturated heterocycles. The summed E-state index contributed by atoms with van der Waals surface area (Å²) in [4.78, 5) is 11.6. The first-order valence-electron chi connectivity index (χ1n) is 5.59. The summed E-state index contributed by atoms with van der Waals surface area (Å²) >= 11 is 1.47. The zero-order valence-corrected chi connectivity index (χ0v) is 12.8. The Morgan fingerprint density at radius 3 is 2.62 bits per heavy atom. The van der Waals surface area contributed by atoms with Gasteiger partial charge >= 0.3 is 6.18 Å². The number of hydrogen-bond donors (Lipinski definition) is 1. The number of carbonyl (C=O) groups excluding carboxylic acids is 1. The maximum absolute atomic E-state index is 13.3. The molecular formula is C12H9F3IN3O2. The average Bonchev–Trinajstić information content (AvgIpc) is 2.91. The van der Waals surface area contributed by atoms with E-state index in [4.69, 9.17) is 4.74 Å². The number of benzene rings is 1. The standard InChI is InChI=1S/C12H9F3IN3O2/c1-21-9-5-3-2-4-8(9)19-10(12(13,14)15)7(6-17-19)11(20)18-16/h2-6H,1H3,(H,18,20). The first kappa shape index (κ1) is 15.6. The van der Waals surface area contributed by atoms with Gasteiger partial charge in [0.25, 0.3) is 5.91 Å². The summed E-state index contributed by atoms with van der Waals surface area (Å²) < 4.78 is 47.6. The highest BCUT2D eigenvalue weighted by Gasteiger charge is 2.40. The molecule has 112 valence electrons. The molecule has 9 heteroatoms. The Bertz CT molecular complexity index is 670. The number of aromatic nitrogens is 2. The molecule has 0 fully saturated rings. The van der Waals surface area contributed by atoms with Crippen LogP contribution < -0.4 is 8.27 Å². The largest absolute Gasteiger partial charge is 0.494 e. The van der Waals surface area contributed by atoms with Crippen LogP contribution in [0, 0.1) is 0 Å². The van der Waals surface area contributed by atoms with E-state index in [9.17, 15) is 18.0 Å². The van der Waals surface area contributed by atoms with E-state index in [1.54, 1.807) is 12.1 Å². The van der Waals surface area contributed by atoms with Crippen molar-refractivity contribution in [2.24, 2.45) is 0 Å². The van der Waals surface area contributed by atoms with Crippen LogP contribution in [-0.4, -0.2) is 22.8 Å². The van der Waals surface area contributed by atoms with Gasteiger partial charge in [-0.2, -0.15) is 18.3 Å². The summed E-state index contributed by atoms with van der Waals surface area (Å²) in [5.74, 6) is -0.656. The van der Waals surface area contributed by atoms with Crippen molar-refractivity contribution in [2.75, 3.05) is 7.11 Å². The van der Waals surface area contributed by atoms with E-state index in [0.717, 1.165) is 6.20 Å². The molecule has 0 saturated carbocycles. The lowest BCUT2D eigenvalue weighted by molar-refractivity contribution is -0.143. The number of ether oxygens (including phenoxy) is 1. The summed E-state index contributed by atoms with van der Waals surface area (Å²) in [5.41, 5.74) is -1.61. The second-order valence-electron chi connectivity index (χ2n) is 3.91. The Morgan fingerprint density at radius 2 is 2.05 bits per heavy atom. The van der Waals surface area contributed by atoms with Crippen LogP contribution in [0.5, 0.6) is 5.75 Å². The normalized spacial score (nSPS) is 11.3. The lowest BCUT2D eigenvalue weighted by Crippen LogP contribution is -2.21. The Balaban J connectivity index is 2.70. The zero-order chi connectivity index (χ0) is 15.6. The van der Waals surface area contributed by atoms with Gasteiger partial charge in [0.1, 0.15) is 11.4 Å². The number of alkyl halides is 3. The van der Waals surface area contributed by atoms with Crippen molar-refractivity contribution in [2.45, 2.75) is 6.18 Å². The fourth-order valence-electron chi connectivity index (χ4n) is 1.83. The number of nitrogens with zero attached hydrogens (tertiary/aromatic N) is 2. The van der Waals surface area contributed by atoms with Crippen LogP contribution >= 0.6 is 22.9 Å². The van der Waals surface area contributed by atoms with Crippen LogP contribution in [0.2, 0.25) is 0 Å². The molecule has 0 bridgehead atoms. The fraction of sp³-hybridized carbons (Fsp3) is 0.167. The lowest BCUT2D eigenvalue weighted by Gasteiger charge is -2.14. The first-order valence-corrected chi connectivity index (χ1v) is 6.67. The molecule has 0 aliphatic carbocycles. The number of nitrogens with one attached hydrogen (secondary N) is 1. The second kappa shape index (κ2) is 5.92. The van der Waals surface area contributed by atoms with Gasteiger partial charge in [-0.15, -0.1) is 0 Å². The van der Waals surface area contributed by atoms with Crippen LogP contribution in [0.1, 0.15) is 16.1 Å². The first-order chi connectivity index (χ1) is 9.90. The van der Waals surface area contributed by atoms with Crippen molar-refractivity contribution in [3.8, 4) is 11.4 Å². The Morgan fingerprint density at radius 1 is 1.38 bits per heavy atom. The zero-order valence-electron chi connectivity index (χ0n) is 10.6. The van der Waals surface area contributed by atoms with Crippen molar-refractivity contribution < 1.29 is 22.7 Å². The molecule has 0 unspecified atom stereocenters. The summed E-state index contributed by atoms with van der Waals surface area (Å²) in [7, 11) is 1.34. The summed E-state index contributed by atoms with van der Waals surface area (Å²) in [5, 5.41) is 3.68. The van der Waals surface area contributed by atoms with E-state index in [1.165, 1.54) is 42.1 Å². The molecule has 0 spiro atoms. The van der Waals surface area contributed by atoms with E-state index in [-0.39, 0.29) is 11.4 Å². The van der Waals surface area contributed by atoms with Crippen molar-refractivity contribution in [1.29, 1.82) is 0 Å². The van der Waals surface area contributed by atoms with Crippen molar-refractivity contribution in [3.05, 3.63) is 41.7 Å². The van der Waals surface area contributed by atoms with Gasteiger partial charge in [0.2, 0.25) is 0 Å². The van der Waals surface area contributed by atoms with Gasteiger partial charge in [-0.3, -0.25) is 8.32 Å². The number of rotatable bonds is 3. The predicted octanol–water partition coefficient (Wildman–Crippen LogP) is 2.98. The maximum atomic E-state index is 13.3. The second-order valence-corrected chi connectivity index (χ2v) is 4.45. The summed E-state index contributed by atoms with van der Waals surface area (Å²) in [6, 6.07) is 6.11. The number of carbonyl (C=O) groups is 1. The Hall–Kier alpha value is -1.78. The molecule has 2 rings (SSSR count). The van der Waals surface area contributed by atoms with E-state index in [0.29, 0.717) is 4.68 Å². The Kier molecular flexibility index (Phi) is 4.40. The molecule has 1 amide bonds. The van der Waals surface area contributed by atoms with Crippen LogP contribution in [0.4, 0.5) is 13.2 Å². The van der Waals surface area contributed by atoms with Crippen LogP contribution in [-0.2, 0) is 6.18 Å². The van der Waals surface area contributed by atoms with E-state index < -0.39 is 23.3 Å². The van der Waals surface area contributed by atoms with E-state index in [2.05, 4.69) is 8.63 Å². The Labute approximate surface area is 131 Å². The third kappa shape index (κ3) is 2.96. The van der Waals surface area contributed by atoms with Gasteiger partial charge in [0.05, 0.1) is 41.7 Å². The van der Waals surface area contributed by atoms with Gasteiger partial charge in [-0.05, 0) is 12.1 Å². The molecule has 0 atom stereocenters. The quantitative estimate of drug-likeness (QED) is 0.625. The molecular weight excluding hydrogens is 402 g/mol. The van der Waals surface area contributed by atoms with Crippen LogP contribution in [0.25, 0.3) is 5.69 Å². The third-order valence-corrected chi connectivity index (χ3v) is 3.17. The van der Waals surface area contributed by atoms with Crippen LogP contribution in [0.15, 0.2) is 30.5 Å². The monoisotopic (exact) mass is 411 g/mol. The van der Waals surface area contributed by atoms with E-state index >= 15 is 0 Å². The van der Waals surface area contributed by atoms with Gasteiger partial charge < -0.3 is 4.74 Å².